The molecule has 2 heterocycles. The predicted molar refractivity (Wildman–Crippen MR) is 96.6 cm³/mol. The number of hydrogen-bond donors (Lipinski definition) is 2. The van der Waals surface area contributed by atoms with E-state index in [9.17, 15) is 9.90 Å². The van der Waals surface area contributed by atoms with Gasteiger partial charge in [0.2, 0.25) is 0 Å². The van der Waals surface area contributed by atoms with Gasteiger partial charge in [-0.3, -0.25) is 14.7 Å². The van der Waals surface area contributed by atoms with Crippen molar-refractivity contribution in [3.8, 4) is 0 Å². The Morgan fingerprint density at radius 1 is 1.28 bits per heavy atom. The summed E-state index contributed by atoms with van der Waals surface area (Å²) in [7, 11) is 0. The Morgan fingerprint density at radius 2 is 2.12 bits per heavy atom. The highest BCUT2D eigenvalue weighted by atomic mass is 16.3. The Morgan fingerprint density at radius 3 is 2.88 bits per heavy atom. The number of nitrogens with zero attached hydrogens (tertiary/aromatic N) is 2. The lowest BCUT2D eigenvalue weighted by Crippen LogP contribution is -2.41. The van der Waals surface area contributed by atoms with Crippen LogP contribution in [0.1, 0.15) is 30.1 Å². The number of amides is 1. The number of nitrogens with one attached hydrogen (secondary N) is 1. The van der Waals surface area contributed by atoms with Crippen molar-refractivity contribution in [1.82, 2.24) is 15.2 Å². The first-order valence-corrected chi connectivity index (χ1v) is 8.84. The van der Waals surface area contributed by atoms with Gasteiger partial charge in [0.25, 0.3) is 5.91 Å². The third kappa shape index (κ3) is 5.11. The third-order valence-electron chi connectivity index (χ3n) is 4.66. The van der Waals surface area contributed by atoms with Gasteiger partial charge in [0, 0.05) is 32.0 Å². The van der Waals surface area contributed by atoms with Gasteiger partial charge in [-0.2, -0.15) is 0 Å². The van der Waals surface area contributed by atoms with E-state index in [1.54, 1.807) is 18.3 Å². The molecular formula is C20H25N3O2. The molecule has 3 rings (SSSR count). The Bertz CT molecular complexity index is 663. The van der Waals surface area contributed by atoms with Gasteiger partial charge in [0.15, 0.2) is 6.10 Å². The van der Waals surface area contributed by atoms with Crippen LogP contribution in [0.3, 0.4) is 0 Å². The predicted octanol–water partition coefficient (Wildman–Crippen LogP) is 2.14. The molecule has 1 amide bonds. The highest BCUT2D eigenvalue weighted by Crippen LogP contribution is 2.18. The number of aliphatic hydroxyl groups is 1. The zero-order chi connectivity index (χ0) is 17.5. The van der Waals surface area contributed by atoms with Crippen molar-refractivity contribution in [2.24, 2.45) is 5.92 Å². The van der Waals surface area contributed by atoms with Gasteiger partial charge in [-0.1, -0.05) is 36.4 Å². The number of rotatable bonds is 6. The summed E-state index contributed by atoms with van der Waals surface area (Å²) in [6, 6.07) is 13.1. The van der Waals surface area contributed by atoms with Crippen molar-refractivity contribution in [3.63, 3.8) is 0 Å². The zero-order valence-electron chi connectivity index (χ0n) is 14.3. The van der Waals surface area contributed by atoms with E-state index in [-0.39, 0.29) is 5.91 Å². The molecule has 0 saturated carbocycles. The van der Waals surface area contributed by atoms with Crippen LogP contribution < -0.4 is 5.32 Å². The normalized spacial score (nSPS) is 19.3. The van der Waals surface area contributed by atoms with Crippen molar-refractivity contribution in [2.75, 3.05) is 19.6 Å². The lowest BCUT2D eigenvalue weighted by atomic mass is 9.97. The highest BCUT2D eigenvalue weighted by Gasteiger charge is 2.22. The summed E-state index contributed by atoms with van der Waals surface area (Å²) in [5.41, 5.74) is 1.84. The molecule has 1 aromatic heterocycles. The quantitative estimate of drug-likeness (QED) is 0.846. The maximum Gasteiger partial charge on any atom is 0.253 e. The van der Waals surface area contributed by atoms with Gasteiger partial charge >= 0.3 is 0 Å². The molecule has 1 fully saturated rings. The molecule has 0 aliphatic carbocycles. The zero-order valence-corrected chi connectivity index (χ0v) is 14.3. The van der Waals surface area contributed by atoms with E-state index in [1.807, 2.05) is 30.5 Å². The van der Waals surface area contributed by atoms with Gasteiger partial charge in [0.05, 0.1) is 0 Å². The Labute approximate surface area is 148 Å². The van der Waals surface area contributed by atoms with Gasteiger partial charge in [-0.05, 0) is 42.5 Å². The van der Waals surface area contributed by atoms with E-state index in [2.05, 4.69) is 21.3 Å². The fourth-order valence-electron chi connectivity index (χ4n) is 3.34. The van der Waals surface area contributed by atoms with Gasteiger partial charge in [-0.25, -0.2) is 0 Å². The highest BCUT2D eigenvalue weighted by molar-refractivity contribution is 5.81. The molecule has 132 valence electrons. The van der Waals surface area contributed by atoms with E-state index in [0.29, 0.717) is 18.0 Å². The van der Waals surface area contributed by atoms with E-state index in [0.717, 1.165) is 32.5 Å². The van der Waals surface area contributed by atoms with Crippen LogP contribution in [0.15, 0.2) is 54.9 Å². The molecule has 5 heteroatoms. The van der Waals surface area contributed by atoms with Gasteiger partial charge in [-0.15, -0.1) is 0 Å². The summed E-state index contributed by atoms with van der Waals surface area (Å²) in [6.07, 6.45) is 4.82. The first-order valence-electron chi connectivity index (χ1n) is 8.84. The molecule has 0 bridgehead atoms. The molecule has 1 saturated heterocycles. The average molecular weight is 339 g/mol. The lowest BCUT2D eigenvalue weighted by molar-refractivity contribution is -0.129. The number of likely N-dealkylation sites (tertiary alicyclic amines) is 1. The summed E-state index contributed by atoms with van der Waals surface area (Å²) in [5, 5.41) is 13.0. The number of hydrogen-bond acceptors (Lipinski definition) is 4. The smallest absolute Gasteiger partial charge is 0.253 e. The van der Waals surface area contributed by atoms with Crippen LogP contribution >= 0.6 is 0 Å². The average Bonchev–Trinajstić information content (AvgIpc) is 2.67. The molecular weight excluding hydrogens is 314 g/mol. The second-order valence-electron chi connectivity index (χ2n) is 6.66. The van der Waals surface area contributed by atoms with E-state index < -0.39 is 6.10 Å². The number of benzene rings is 1. The fourth-order valence-corrected chi connectivity index (χ4v) is 3.34. The molecule has 25 heavy (non-hydrogen) atoms. The van der Waals surface area contributed by atoms with Crippen LogP contribution in [-0.4, -0.2) is 40.5 Å². The Kier molecular flexibility index (Phi) is 6.14. The molecule has 2 N–H and O–H groups in total. The number of aromatic nitrogens is 1. The SMILES string of the molecule is O=C(NC[C@@H]1CCCN(Cc2cccnc2)C1)[C@H](O)c1ccccc1. The number of pyridine rings is 1. The Hall–Kier alpha value is -2.24. The van der Waals surface area contributed by atoms with Crippen molar-refractivity contribution < 1.29 is 9.90 Å². The second kappa shape index (κ2) is 8.74. The van der Waals surface area contributed by atoms with Crippen LogP contribution in [0.2, 0.25) is 0 Å². The first-order chi connectivity index (χ1) is 12.2. The van der Waals surface area contributed by atoms with Crippen LogP contribution in [0, 0.1) is 5.92 Å². The van der Waals surface area contributed by atoms with Crippen molar-refractivity contribution in [2.45, 2.75) is 25.5 Å². The minimum Gasteiger partial charge on any atom is -0.378 e. The largest absolute Gasteiger partial charge is 0.378 e. The molecule has 0 radical (unpaired) electrons. The maximum absolute atomic E-state index is 12.2. The van der Waals surface area contributed by atoms with E-state index >= 15 is 0 Å². The van der Waals surface area contributed by atoms with Crippen LogP contribution in [0.25, 0.3) is 0 Å². The first kappa shape index (κ1) is 17.6. The van der Waals surface area contributed by atoms with Gasteiger partial charge < -0.3 is 10.4 Å². The molecule has 0 unspecified atom stereocenters. The molecule has 2 atom stereocenters. The van der Waals surface area contributed by atoms with Crippen LogP contribution in [0.5, 0.6) is 0 Å². The van der Waals surface area contributed by atoms with Crippen molar-refractivity contribution in [3.05, 3.63) is 66.0 Å². The monoisotopic (exact) mass is 339 g/mol. The topological polar surface area (TPSA) is 65.5 Å². The minimum absolute atomic E-state index is 0.324. The number of carbonyl (C=O) groups excluding carboxylic acids is 1. The van der Waals surface area contributed by atoms with Gasteiger partial charge in [0.1, 0.15) is 0 Å². The summed E-state index contributed by atoms with van der Waals surface area (Å²) in [5.74, 6) is 0.0907. The molecule has 0 spiro atoms. The molecule has 1 aliphatic rings. The standard InChI is InChI=1S/C20H25N3O2/c24-19(18-8-2-1-3-9-18)20(25)22-13-17-7-5-11-23(15-17)14-16-6-4-10-21-12-16/h1-4,6,8-10,12,17,19,24H,5,7,11,13-15H2,(H,22,25)/t17-,19+/m0/s1. The van der Waals surface area contributed by atoms with Crippen LogP contribution in [-0.2, 0) is 11.3 Å². The summed E-state index contributed by atoms with van der Waals surface area (Å²) < 4.78 is 0. The van der Waals surface area contributed by atoms with Crippen molar-refractivity contribution >= 4 is 5.91 Å². The van der Waals surface area contributed by atoms with E-state index in [4.69, 9.17) is 0 Å². The van der Waals surface area contributed by atoms with Crippen LogP contribution in [0.4, 0.5) is 0 Å². The fraction of sp³-hybridized carbons (Fsp3) is 0.400. The molecule has 2 aromatic rings. The molecule has 5 nitrogen and oxygen atoms in total. The summed E-state index contributed by atoms with van der Waals surface area (Å²) in [4.78, 5) is 18.7. The summed E-state index contributed by atoms with van der Waals surface area (Å²) >= 11 is 0. The number of carbonyl (C=O) groups is 1. The minimum atomic E-state index is -1.10. The van der Waals surface area contributed by atoms with E-state index in [1.165, 1.54) is 5.56 Å². The second-order valence-corrected chi connectivity index (χ2v) is 6.66. The molecule has 1 aliphatic heterocycles. The number of piperidine rings is 1. The Balaban J connectivity index is 1.47. The number of aliphatic hydroxyl groups excluding tert-OH is 1. The summed E-state index contributed by atoms with van der Waals surface area (Å²) in [6.45, 7) is 3.53. The molecule has 1 aromatic carbocycles. The third-order valence-corrected chi connectivity index (χ3v) is 4.66. The maximum atomic E-state index is 12.2. The van der Waals surface area contributed by atoms with Crippen molar-refractivity contribution in [1.29, 1.82) is 0 Å². The lowest BCUT2D eigenvalue weighted by Gasteiger charge is -2.33.